The van der Waals surface area contributed by atoms with E-state index >= 15 is 0 Å². The largest absolute Gasteiger partial charge is 0.399 e. The average Bonchev–Trinajstić information content (AvgIpc) is 2.90. The lowest BCUT2D eigenvalue weighted by molar-refractivity contribution is 0.0587. The second kappa shape index (κ2) is 5.28. The van der Waals surface area contributed by atoms with E-state index in [1.165, 1.54) is 25.7 Å². The number of nitrogens with zero attached hydrogens (tertiary/aromatic N) is 1. The fourth-order valence-corrected chi connectivity index (χ4v) is 3.88. The highest BCUT2D eigenvalue weighted by molar-refractivity contribution is 6.34. The zero-order chi connectivity index (χ0) is 14.2. The molecular weight excluding hydrogens is 272 g/mol. The highest BCUT2D eigenvalue weighted by atomic mass is 35.5. The van der Waals surface area contributed by atoms with Crippen LogP contribution in [0.15, 0.2) is 18.2 Å². The monoisotopic (exact) mass is 292 g/mol. The molecule has 0 unspecified atom stereocenters. The number of rotatable bonds is 1. The van der Waals surface area contributed by atoms with Crippen molar-refractivity contribution in [1.82, 2.24) is 4.90 Å². The molecule has 4 heteroatoms. The molecule has 0 aromatic heterocycles. The van der Waals surface area contributed by atoms with Crippen molar-refractivity contribution in [1.29, 1.82) is 0 Å². The van der Waals surface area contributed by atoms with Crippen LogP contribution in [-0.2, 0) is 0 Å². The van der Waals surface area contributed by atoms with Gasteiger partial charge in [-0.15, -0.1) is 0 Å². The molecule has 0 radical (unpaired) electrons. The quantitative estimate of drug-likeness (QED) is 0.802. The molecule has 2 N–H and O–H groups in total. The third kappa shape index (κ3) is 2.51. The number of anilines is 1. The molecule has 108 valence electrons. The van der Waals surface area contributed by atoms with Crippen molar-refractivity contribution in [2.24, 2.45) is 5.41 Å². The van der Waals surface area contributed by atoms with Crippen LogP contribution in [0.1, 0.15) is 48.9 Å². The first-order chi connectivity index (χ1) is 9.60. The molecule has 1 spiro atoms. The summed E-state index contributed by atoms with van der Waals surface area (Å²) >= 11 is 6.13. The third-order valence-electron chi connectivity index (χ3n) is 5.00. The van der Waals surface area contributed by atoms with Gasteiger partial charge in [-0.3, -0.25) is 4.79 Å². The Balaban J connectivity index is 1.71. The number of halogens is 1. The van der Waals surface area contributed by atoms with E-state index in [4.69, 9.17) is 17.3 Å². The van der Waals surface area contributed by atoms with Crippen LogP contribution in [0.4, 0.5) is 5.69 Å². The van der Waals surface area contributed by atoms with Crippen molar-refractivity contribution >= 4 is 23.2 Å². The molecule has 0 atom stereocenters. The Kier molecular flexibility index (Phi) is 3.63. The lowest BCUT2D eigenvalue weighted by atomic mass is 9.77. The van der Waals surface area contributed by atoms with Crippen molar-refractivity contribution in [3.63, 3.8) is 0 Å². The Hall–Kier alpha value is -1.22. The predicted molar refractivity (Wildman–Crippen MR) is 81.9 cm³/mol. The van der Waals surface area contributed by atoms with Gasteiger partial charge in [-0.2, -0.15) is 0 Å². The van der Waals surface area contributed by atoms with Gasteiger partial charge in [0.15, 0.2) is 0 Å². The Labute approximate surface area is 125 Å². The van der Waals surface area contributed by atoms with Gasteiger partial charge in [0, 0.05) is 18.8 Å². The summed E-state index contributed by atoms with van der Waals surface area (Å²) in [6.07, 6.45) is 7.67. The van der Waals surface area contributed by atoms with E-state index in [1.54, 1.807) is 18.2 Å². The molecule has 1 heterocycles. The van der Waals surface area contributed by atoms with E-state index < -0.39 is 0 Å². The summed E-state index contributed by atoms with van der Waals surface area (Å²) in [5.41, 5.74) is 7.41. The number of carbonyl (C=O) groups is 1. The van der Waals surface area contributed by atoms with E-state index in [9.17, 15) is 4.79 Å². The standard InChI is InChI=1S/C16H21ClN2O/c17-14-4-3-12(18)11-13(14)15(20)19-9-7-16(8-10-19)5-1-2-6-16/h3-4,11H,1-2,5-10,18H2. The van der Waals surface area contributed by atoms with Gasteiger partial charge in [0.2, 0.25) is 0 Å². The molecular formula is C16H21ClN2O. The number of piperidine rings is 1. The number of hydrogen-bond acceptors (Lipinski definition) is 2. The molecule has 1 aliphatic heterocycles. The second-order valence-electron chi connectivity index (χ2n) is 6.24. The number of amides is 1. The Morgan fingerprint density at radius 1 is 1.15 bits per heavy atom. The number of hydrogen-bond donors (Lipinski definition) is 1. The Bertz CT molecular complexity index is 513. The van der Waals surface area contributed by atoms with E-state index in [0.29, 0.717) is 21.7 Å². The maximum Gasteiger partial charge on any atom is 0.255 e. The maximum atomic E-state index is 12.6. The molecule has 1 saturated heterocycles. The summed E-state index contributed by atoms with van der Waals surface area (Å²) in [7, 11) is 0. The number of likely N-dealkylation sites (tertiary alicyclic amines) is 1. The molecule has 1 aromatic carbocycles. The van der Waals surface area contributed by atoms with Crippen molar-refractivity contribution in [2.45, 2.75) is 38.5 Å². The molecule has 2 aliphatic rings. The van der Waals surface area contributed by atoms with Crippen LogP contribution in [0.5, 0.6) is 0 Å². The van der Waals surface area contributed by atoms with Crippen molar-refractivity contribution in [2.75, 3.05) is 18.8 Å². The second-order valence-corrected chi connectivity index (χ2v) is 6.65. The van der Waals surface area contributed by atoms with Gasteiger partial charge in [-0.25, -0.2) is 0 Å². The number of benzene rings is 1. The van der Waals surface area contributed by atoms with Crippen LogP contribution in [0.25, 0.3) is 0 Å². The minimum atomic E-state index is 0.0233. The van der Waals surface area contributed by atoms with Gasteiger partial charge in [0.25, 0.3) is 5.91 Å². The zero-order valence-corrected chi connectivity index (χ0v) is 12.5. The highest BCUT2D eigenvalue weighted by Crippen LogP contribution is 2.46. The van der Waals surface area contributed by atoms with E-state index in [-0.39, 0.29) is 5.91 Å². The zero-order valence-electron chi connectivity index (χ0n) is 11.7. The summed E-state index contributed by atoms with van der Waals surface area (Å²) in [5, 5.41) is 0.491. The van der Waals surface area contributed by atoms with Crippen LogP contribution in [-0.4, -0.2) is 23.9 Å². The summed E-state index contributed by atoms with van der Waals surface area (Å²) in [6.45, 7) is 1.70. The molecule has 20 heavy (non-hydrogen) atoms. The first-order valence-electron chi connectivity index (χ1n) is 7.44. The van der Waals surface area contributed by atoms with Gasteiger partial charge >= 0.3 is 0 Å². The summed E-state index contributed by atoms with van der Waals surface area (Å²) in [6, 6.07) is 5.11. The average molecular weight is 293 g/mol. The minimum absolute atomic E-state index is 0.0233. The number of nitrogen functional groups attached to an aromatic ring is 1. The molecule has 3 rings (SSSR count). The van der Waals surface area contributed by atoms with Crippen LogP contribution in [0.2, 0.25) is 5.02 Å². The normalized spacial score (nSPS) is 21.4. The topological polar surface area (TPSA) is 46.3 Å². The fourth-order valence-electron chi connectivity index (χ4n) is 3.69. The van der Waals surface area contributed by atoms with Crippen molar-refractivity contribution in [3.8, 4) is 0 Å². The van der Waals surface area contributed by atoms with Gasteiger partial charge in [0.1, 0.15) is 0 Å². The molecule has 1 saturated carbocycles. The highest BCUT2D eigenvalue weighted by Gasteiger charge is 2.38. The number of carbonyl (C=O) groups excluding carboxylic acids is 1. The SMILES string of the molecule is Nc1ccc(Cl)c(C(=O)N2CCC3(CCCC3)CC2)c1. The molecule has 1 aliphatic carbocycles. The lowest BCUT2D eigenvalue weighted by Gasteiger charge is -2.39. The van der Waals surface area contributed by atoms with Gasteiger partial charge in [0.05, 0.1) is 10.6 Å². The lowest BCUT2D eigenvalue weighted by Crippen LogP contribution is -2.42. The first kappa shape index (κ1) is 13.7. The molecule has 3 nitrogen and oxygen atoms in total. The van der Waals surface area contributed by atoms with E-state index in [2.05, 4.69) is 0 Å². The maximum absolute atomic E-state index is 12.6. The molecule has 0 bridgehead atoms. The van der Waals surface area contributed by atoms with Crippen LogP contribution in [0.3, 0.4) is 0 Å². The van der Waals surface area contributed by atoms with Crippen LogP contribution in [0, 0.1) is 5.41 Å². The summed E-state index contributed by atoms with van der Waals surface area (Å²) < 4.78 is 0. The van der Waals surface area contributed by atoms with Crippen molar-refractivity contribution in [3.05, 3.63) is 28.8 Å². The Morgan fingerprint density at radius 3 is 2.45 bits per heavy atom. The van der Waals surface area contributed by atoms with Crippen LogP contribution >= 0.6 is 11.6 Å². The Morgan fingerprint density at radius 2 is 1.80 bits per heavy atom. The fraction of sp³-hybridized carbons (Fsp3) is 0.562. The number of nitrogens with two attached hydrogens (primary N) is 1. The predicted octanol–water partition coefficient (Wildman–Crippen LogP) is 3.72. The first-order valence-corrected chi connectivity index (χ1v) is 7.82. The van der Waals surface area contributed by atoms with Crippen LogP contribution < -0.4 is 5.73 Å². The smallest absolute Gasteiger partial charge is 0.255 e. The molecule has 1 aromatic rings. The van der Waals surface area contributed by atoms with Gasteiger partial charge in [-0.1, -0.05) is 24.4 Å². The summed E-state index contributed by atoms with van der Waals surface area (Å²) in [4.78, 5) is 14.5. The summed E-state index contributed by atoms with van der Waals surface area (Å²) in [5.74, 6) is 0.0233. The van der Waals surface area contributed by atoms with Crippen molar-refractivity contribution < 1.29 is 4.79 Å². The van der Waals surface area contributed by atoms with E-state index in [0.717, 1.165) is 25.9 Å². The van der Waals surface area contributed by atoms with E-state index in [1.807, 2.05) is 4.90 Å². The molecule has 1 amide bonds. The van der Waals surface area contributed by atoms with Gasteiger partial charge in [-0.05, 0) is 49.3 Å². The molecule has 2 fully saturated rings. The van der Waals surface area contributed by atoms with Gasteiger partial charge < -0.3 is 10.6 Å². The minimum Gasteiger partial charge on any atom is -0.399 e. The third-order valence-corrected chi connectivity index (χ3v) is 5.33.